The molecule has 1 aromatic rings. The van der Waals surface area contributed by atoms with Crippen molar-refractivity contribution in [3.05, 3.63) is 19.9 Å². The lowest BCUT2D eigenvalue weighted by Gasteiger charge is -2.44. The van der Waals surface area contributed by atoms with E-state index in [1.165, 1.54) is 41.4 Å². The molecule has 2 nitrogen and oxygen atoms in total. The third kappa shape index (κ3) is 2.46. The summed E-state index contributed by atoms with van der Waals surface area (Å²) in [7, 11) is 0. The third-order valence-electron chi connectivity index (χ3n) is 4.32. The van der Waals surface area contributed by atoms with Crippen LogP contribution in [-0.2, 0) is 0 Å². The van der Waals surface area contributed by atoms with Crippen molar-refractivity contribution in [3.63, 3.8) is 0 Å². The fourth-order valence-electron chi connectivity index (χ4n) is 3.46. The number of piperidine rings is 1. The number of carbonyl (C=O) groups is 1. The van der Waals surface area contributed by atoms with Crippen molar-refractivity contribution in [1.29, 1.82) is 0 Å². The smallest absolute Gasteiger partial charge is 0.254 e. The summed E-state index contributed by atoms with van der Waals surface area (Å²) < 4.78 is 1.20. The van der Waals surface area contributed by atoms with Crippen molar-refractivity contribution in [1.82, 2.24) is 4.90 Å². The Morgan fingerprint density at radius 3 is 2.83 bits per heavy atom. The molecule has 0 spiro atoms. The number of amides is 1. The summed E-state index contributed by atoms with van der Waals surface area (Å²) in [5, 5.41) is 2.01. The Kier molecular flexibility index (Phi) is 3.94. The highest BCUT2D eigenvalue weighted by atomic mass is 127. The van der Waals surface area contributed by atoms with Crippen molar-refractivity contribution in [2.24, 2.45) is 5.92 Å². The number of hydrogen-bond donors (Lipinski definition) is 0. The van der Waals surface area contributed by atoms with Crippen LogP contribution >= 0.6 is 33.9 Å². The quantitative estimate of drug-likeness (QED) is 0.676. The Morgan fingerprint density at radius 1 is 1.28 bits per heavy atom. The number of halogens is 1. The summed E-state index contributed by atoms with van der Waals surface area (Å²) in [6.45, 7) is 0.965. The zero-order valence-electron chi connectivity index (χ0n) is 10.4. The first kappa shape index (κ1) is 12.9. The standard InChI is InChI=1S/C14H18INOS/c15-13-8-11(9-18-13)14(17)16-7-3-5-10-4-1-2-6-12(10)16/h8-10,12H,1-7H2. The normalized spacial score (nSPS) is 27.9. The number of rotatable bonds is 1. The Hall–Kier alpha value is -0.100. The van der Waals surface area contributed by atoms with Gasteiger partial charge in [-0.1, -0.05) is 12.8 Å². The van der Waals surface area contributed by atoms with Gasteiger partial charge in [0.2, 0.25) is 0 Å². The van der Waals surface area contributed by atoms with Gasteiger partial charge in [0.1, 0.15) is 0 Å². The summed E-state index contributed by atoms with van der Waals surface area (Å²) in [6.07, 6.45) is 7.72. The number of carbonyl (C=O) groups excluding carboxylic acids is 1. The maximum absolute atomic E-state index is 12.6. The highest BCUT2D eigenvalue weighted by molar-refractivity contribution is 14.1. The van der Waals surface area contributed by atoms with Gasteiger partial charge in [-0.15, -0.1) is 11.3 Å². The highest BCUT2D eigenvalue weighted by Gasteiger charge is 2.36. The second-order valence-corrected chi connectivity index (χ2v) is 8.20. The molecule has 2 fully saturated rings. The number of hydrogen-bond acceptors (Lipinski definition) is 2. The molecule has 0 radical (unpaired) electrons. The van der Waals surface area contributed by atoms with E-state index in [0.29, 0.717) is 6.04 Å². The van der Waals surface area contributed by atoms with Crippen LogP contribution in [0.2, 0.25) is 0 Å². The van der Waals surface area contributed by atoms with Gasteiger partial charge in [0.15, 0.2) is 0 Å². The van der Waals surface area contributed by atoms with Gasteiger partial charge in [0, 0.05) is 18.0 Å². The maximum Gasteiger partial charge on any atom is 0.254 e. The van der Waals surface area contributed by atoms with E-state index in [9.17, 15) is 4.79 Å². The lowest BCUT2D eigenvalue weighted by molar-refractivity contribution is 0.0391. The van der Waals surface area contributed by atoms with E-state index in [2.05, 4.69) is 27.5 Å². The monoisotopic (exact) mass is 375 g/mol. The summed E-state index contributed by atoms with van der Waals surface area (Å²) in [5.74, 6) is 1.04. The Bertz CT molecular complexity index is 443. The number of likely N-dealkylation sites (tertiary alicyclic amines) is 1. The Balaban J connectivity index is 1.79. The molecule has 2 unspecified atom stereocenters. The molecule has 18 heavy (non-hydrogen) atoms. The van der Waals surface area contributed by atoms with Crippen LogP contribution in [-0.4, -0.2) is 23.4 Å². The van der Waals surface area contributed by atoms with E-state index in [1.54, 1.807) is 11.3 Å². The van der Waals surface area contributed by atoms with Crippen molar-refractivity contribution in [2.75, 3.05) is 6.54 Å². The topological polar surface area (TPSA) is 20.3 Å². The highest BCUT2D eigenvalue weighted by Crippen LogP contribution is 2.36. The summed E-state index contributed by atoms with van der Waals surface area (Å²) >= 11 is 3.96. The van der Waals surface area contributed by atoms with Crippen molar-refractivity contribution < 1.29 is 4.79 Å². The SMILES string of the molecule is O=C(c1csc(I)c1)N1CCCC2CCCCC21. The predicted molar refractivity (Wildman–Crippen MR) is 83.1 cm³/mol. The second kappa shape index (κ2) is 5.49. The van der Waals surface area contributed by atoms with Crippen molar-refractivity contribution >= 4 is 39.8 Å². The largest absolute Gasteiger partial charge is 0.335 e. The summed E-state index contributed by atoms with van der Waals surface area (Å²) in [6, 6.07) is 2.55. The molecule has 98 valence electrons. The zero-order valence-corrected chi connectivity index (χ0v) is 13.4. The average Bonchev–Trinajstić information content (AvgIpc) is 2.84. The Morgan fingerprint density at radius 2 is 2.06 bits per heavy atom. The molecule has 0 aromatic carbocycles. The molecular formula is C14H18INOS. The van der Waals surface area contributed by atoms with Crippen LogP contribution in [0.4, 0.5) is 0 Å². The molecule has 1 saturated heterocycles. The number of nitrogens with zero attached hydrogens (tertiary/aromatic N) is 1. The van der Waals surface area contributed by atoms with Crippen LogP contribution in [0.15, 0.2) is 11.4 Å². The lowest BCUT2D eigenvalue weighted by atomic mass is 9.78. The molecule has 1 saturated carbocycles. The molecule has 0 bridgehead atoms. The van der Waals surface area contributed by atoms with Crippen LogP contribution in [0.25, 0.3) is 0 Å². The van der Waals surface area contributed by atoms with Crippen LogP contribution in [0.3, 0.4) is 0 Å². The molecule has 1 aliphatic carbocycles. The lowest BCUT2D eigenvalue weighted by Crippen LogP contribution is -2.49. The van der Waals surface area contributed by atoms with Crippen molar-refractivity contribution in [2.45, 2.75) is 44.6 Å². The maximum atomic E-state index is 12.6. The third-order valence-corrected chi connectivity index (χ3v) is 6.11. The van der Waals surface area contributed by atoms with Gasteiger partial charge < -0.3 is 4.90 Å². The van der Waals surface area contributed by atoms with E-state index in [1.807, 2.05) is 11.4 Å². The first-order valence-corrected chi connectivity index (χ1v) is 8.76. The molecule has 0 N–H and O–H groups in total. The predicted octanol–water partition coefficient (Wildman–Crippen LogP) is 4.15. The second-order valence-electron chi connectivity index (χ2n) is 5.39. The number of fused-ring (bicyclic) bond motifs is 1. The minimum absolute atomic E-state index is 0.269. The minimum Gasteiger partial charge on any atom is -0.335 e. The molecule has 1 aliphatic heterocycles. The van der Waals surface area contributed by atoms with Crippen molar-refractivity contribution in [3.8, 4) is 0 Å². The molecule has 1 amide bonds. The minimum atomic E-state index is 0.269. The van der Waals surface area contributed by atoms with Crippen LogP contribution in [0.1, 0.15) is 48.9 Å². The average molecular weight is 375 g/mol. The van der Waals surface area contributed by atoms with Gasteiger partial charge in [0.25, 0.3) is 5.91 Å². The molecule has 2 aliphatic rings. The number of thiophene rings is 1. The van der Waals surface area contributed by atoms with Gasteiger partial charge in [-0.05, 0) is 60.3 Å². The first-order chi connectivity index (χ1) is 8.75. The molecule has 4 heteroatoms. The van der Waals surface area contributed by atoms with Gasteiger partial charge in [-0.2, -0.15) is 0 Å². The molecule has 2 atom stereocenters. The molecule has 3 rings (SSSR count). The van der Waals surface area contributed by atoms with Crippen LogP contribution in [0.5, 0.6) is 0 Å². The van der Waals surface area contributed by atoms with Crippen LogP contribution in [0, 0.1) is 8.80 Å². The zero-order chi connectivity index (χ0) is 12.5. The first-order valence-electron chi connectivity index (χ1n) is 6.81. The van der Waals surface area contributed by atoms with E-state index in [4.69, 9.17) is 0 Å². The molecule has 1 aromatic heterocycles. The Labute approximate surface area is 126 Å². The fraction of sp³-hybridized carbons (Fsp3) is 0.643. The van der Waals surface area contributed by atoms with E-state index in [-0.39, 0.29) is 5.91 Å². The van der Waals surface area contributed by atoms with E-state index < -0.39 is 0 Å². The van der Waals surface area contributed by atoms with E-state index >= 15 is 0 Å². The van der Waals surface area contributed by atoms with Gasteiger partial charge >= 0.3 is 0 Å². The summed E-state index contributed by atoms with van der Waals surface area (Å²) in [4.78, 5) is 14.8. The van der Waals surface area contributed by atoms with Gasteiger partial charge in [-0.3, -0.25) is 4.79 Å². The molecule has 2 heterocycles. The van der Waals surface area contributed by atoms with Gasteiger partial charge in [0.05, 0.1) is 8.45 Å². The van der Waals surface area contributed by atoms with Crippen LogP contribution < -0.4 is 0 Å². The summed E-state index contributed by atoms with van der Waals surface area (Å²) in [5.41, 5.74) is 0.899. The van der Waals surface area contributed by atoms with E-state index in [0.717, 1.165) is 18.0 Å². The molecular weight excluding hydrogens is 357 g/mol. The van der Waals surface area contributed by atoms with Gasteiger partial charge in [-0.25, -0.2) is 0 Å². The fourth-order valence-corrected chi connectivity index (χ4v) is 4.79.